The number of carbonyl (C=O) groups excluding carboxylic acids is 4. The van der Waals surface area contributed by atoms with E-state index in [0.717, 1.165) is 5.56 Å². The quantitative estimate of drug-likeness (QED) is 0.164. The number of aliphatic hydroxyl groups excluding tert-OH is 1. The van der Waals surface area contributed by atoms with Gasteiger partial charge in [0, 0.05) is 17.8 Å². The first-order valence-corrected chi connectivity index (χ1v) is 17.3. The van der Waals surface area contributed by atoms with Crippen molar-refractivity contribution in [3.05, 3.63) is 90.0 Å². The third kappa shape index (κ3) is 6.45. The first-order valence-electron chi connectivity index (χ1n) is 16.0. The van der Waals surface area contributed by atoms with Crippen LogP contribution in [0.15, 0.2) is 73.8 Å². The number of allylic oxidation sites excluding steroid dienone is 1. The summed E-state index contributed by atoms with van der Waals surface area (Å²) in [5.41, 5.74) is 0.584. The maximum absolute atomic E-state index is 14.8. The Kier molecular flexibility index (Phi) is 11.1. The van der Waals surface area contributed by atoms with Gasteiger partial charge < -0.3 is 29.7 Å². The summed E-state index contributed by atoms with van der Waals surface area (Å²) in [7, 11) is 0. The maximum Gasteiger partial charge on any atom is 0.306 e. The molecular formula is C36H41BrClN3O7. The zero-order chi connectivity index (χ0) is 34.7. The van der Waals surface area contributed by atoms with Crippen LogP contribution in [-0.2, 0) is 28.7 Å². The molecule has 3 aliphatic rings. The number of likely N-dealkylation sites (tertiary alicyclic amines) is 1. The number of nitrogens with zero attached hydrogens (tertiary/aromatic N) is 2. The molecule has 3 saturated heterocycles. The summed E-state index contributed by atoms with van der Waals surface area (Å²) in [6, 6.07) is 11.8. The lowest BCUT2D eigenvalue weighted by molar-refractivity contribution is -0.146. The standard InChI is InChI=1S/C36H41BrClN3O7/c1-5-7-16-27(43)47-20-26(23-13-9-8-10-14-23)39-33(44)28-29-34(45)41(22(4)19-42)32(36(29)18-24(37)31(28)48-36)35(46)40(17-6-2)30-21(3)12-11-15-25(30)38/h5-6,8-15,22,24,26,28-29,31-32,42H,1-2,7,16-20H2,3-4H3,(H,39,44)/t22-,24?,26-,28+,29-,31+,32+,36-/m1/s1. The predicted octanol–water partition coefficient (Wildman–Crippen LogP) is 4.66. The lowest BCUT2D eigenvalue weighted by Gasteiger charge is -2.39. The van der Waals surface area contributed by atoms with E-state index in [0.29, 0.717) is 22.7 Å². The normalized spacial score (nSPS) is 26.8. The molecule has 3 fully saturated rings. The maximum atomic E-state index is 14.8. The van der Waals surface area contributed by atoms with Gasteiger partial charge in [0.1, 0.15) is 18.2 Å². The summed E-state index contributed by atoms with van der Waals surface area (Å²) in [4.78, 5) is 58.5. The van der Waals surface area contributed by atoms with Gasteiger partial charge in [0.25, 0.3) is 5.91 Å². The summed E-state index contributed by atoms with van der Waals surface area (Å²) in [5, 5.41) is 13.7. The Balaban J connectivity index is 1.51. The van der Waals surface area contributed by atoms with Gasteiger partial charge in [-0.1, -0.05) is 82.1 Å². The number of ether oxygens (including phenoxy) is 2. The number of halogens is 2. The van der Waals surface area contributed by atoms with Crippen LogP contribution in [0.3, 0.4) is 0 Å². The molecule has 2 aromatic carbocycles. The first kappa shape index (κ1) is 35.8. The summed E-state index contributed by atoms with van der Waals surface area (Å²) in [6.07, 6.45) is 3.40. The van der Waals surface area contributed by atoms with Crippen LogP contribution in [0.2, 0.25) is 5.02 Å². The van der Waals surface area contributed by atoms with E-state index in [1.165, 1.54) is 9.80 Å². The van der Waals surface area contributed by atoms with Gasteiger partial charge in [0.15, 0.2) is 0 Å². The van der Waals surface area contributed by atoms with Crippen molar-refractivity contribution in [1.29, 1.82) is 0 Å². The zero-order valence-electron chi connectivity index (χ0n) is 27.0. The Morgan fingerprint density at radius 3 is 2.58 bits per heavy atom. The van der Waals surface area contributed by atoms with Crippen molar-refractivity contribution in [2.45, 2.75) is 67.8 Å². The van der Waals surface area contributed by atoms with Gasteiger partial charge in [-0.05, 0) is 43.9 Å². The second kappa shape index (κ2) is 14.9. The number of benzene rings is 2. The Hall–Kier alpha value is -3.51. The van der Waals surface area contributed by atoms with Crippen LogP contribution in [0.25, 0.3) is 0 Å². The van der Waals surface area contributed by atoms with E-state index in [9.17, 15) is 24.3 Å². The SMILES string of the molecule is C=CCCC(=O)OC[C@@H](NC(=O)[C@@H]1[C@H]2O[C@@]3(CC2Br)[C@H](C(=O)N(CC=C)c2c(C)cccc2Cl)N([C@H](C)CO)C(=O)[C@@H]13)c1ccccc1. The van der Waals surface area contributed by atoms with Crippen LogP contribution < -0.4 is 10.2 Å². The molecule has 1 unspecified atom stereocenters. The number of rotatable bonds is 14. The van der Waals surface area contributed by atoms with Crippen molar-refractivity contribution < 1.29 is 33.8 Å². The fraction of sp³-hybridized carbons (Fsp3) is 0.444. The minimum atomic E-state index is -1.37. The third-order valence-corrected chi connectivity index (χ3v) is 10.7. The number of carbonyl (C=O) groups is 4. The predicted molar refractivity (Wildman–Crippen MR) is 186 cm³/mol. The Labute approximate surface area is 294 Å². The van der Waals surface area contributed by atoms with Gasteiger partial charge in [0.05, 0.1) is 47.3 Å². The van der Waals surface area contributed by atoms with Gasteiger partial charge in [0.2, 0.25) is 11.8 Å². The molecule has 2 N–H and O–H groups in total. The molecule has 3 amide bonds. The number of alkyl halides is 1. The number of para-hydroxylation sites is 1. The van der Waals surface area contributed by atoms with Crippen molar-refractivity contribution in [2.24, 2.45) is 11.8 Å². The minimum Gasteiger partial charge on any atom is -0.463 e. The van der Waals surface area contributed by atoms with Crippen molar-refractivity contribution in [1.82, 2.24) is 10.2 Å². The molecule has 0 radical (unpaired) electrons. The second-order valence-corrected chi connectivity index (χ2v) is 14.1. The molecular weight excluding hydrogens is 702 g/mol. The molecule has 48 heavy (non-hydrogen) atoms. The van der Waals surface area contributed by atoms with Crippen LogP contribution in [-0.4, -0.2) is 82.1 Å². The molecule has 0 aromatic heterocycles. The van der Waals surface area contributed by atoms with Crippen molar-refractivity contribution in [3.63, 3.8) is 0 Å². The molecule has 12 heteroatoms. The summed E-state index contributed by atoms with van der Waals surface area (Å²) in [5.74, 6) is -3.76. The number of nitrogens with one attached hydrogen (secondary N) is 1. The van der Waals surface area contributed by atoms with E-state index < -0.39 is 72.0 Å². The fourth-order valence-electron chi connectivity index (χ4n) is 7.38. The topological polar surface area (TPSA) is 125 Å². The van der Waals surface area contributed by atoms with Crippen LogP contribution >= 0.6 is 27.5 Å². The highest BCUT2D eigenvalue weighted by molar-refractivity contribution is 9.09. The number of anilines is 1. The zero-order valence-corrected chi connectivity index (χ0v) is 29.4. The lowest BCUT2D eigenvalue weighted by atomic mass is 9.70. The Morgan fingerprint density at radius 1 is 1.21 bits per heavy atom. The summed E-state index contributed by atoms with van der Waals surface area (Å²) in [6.45, 7) is 10.6. The molecule has 1 spiro atoms. The third-order valence-electron chi connectivity index (χ3n) is 9.52. The number of esters is 1. The van der Waals surface area contributed by atoms with E-state index in [2.05, 4.69) is 34.4 Å². The van der Waals surface area contributed by atoms with Crippen LogP contribution in [0, 0.1) is 18.8 Å². The van der Waals surface area contributed by atoms with E-state index in [1.54, 1.807) is 31.2 Å². The van der Waals surface area contributed by atoms with E-state index in [-0.39, 0.29) is 30.8 Å². The number of hydrogen-bond acceptors (Lipinski definition) is 7. The molecule has 3 heterocycles. The Morgan fingerprint density at radius 2 is 1.94 bits per heavy atom. The molecule has 5 rings (SSSR count). The van der Waals surface area contributed by atoms with E-state index in [4.69, 9.17) is 21.1 Å². The van der Waals surface area contributed by atoms with Gasteiger partial charge in [-0.15, -0.1) is 13.2 Å². The molecule has 8 atom stereocenters. The Bertz CT molecular complexity index is 1550. The molecule has 0 saturated carbocycles. The molecule has 256 valence electrons. The summed E-state index contributed by atoms with van der Waals surface area (Å²) >= 11 is 10.3. The lowest BCUT2D eigenvalue weighted by Crippen LogP contribution is -2.59. The molecule has 2 aromatic rings. The fourth-order valence-corrected chi connectivity index (χ4v) is 8.65. The number of aryl methyl sites for hydroxylation is 1. The second-order valence-electron chi connectivity index (χ2n) is 12.6. The molecule has 2 bridgehead atoms. The summed E-state index contributed by atoms with van der Waals surface area (Å²) < 4.78 is 12.2. The van der Waals surface area contributed by atoms with Crippen molar-refractivity contribution >= 4 is 56.9 Å². The minimum absolute atomic E-state index is 0.103. The van der Waals surface area contributed by atoms with Crippen molar-refractivity contribution in [3.8, 4) is 0 Å². The number of amides is 3. The van der Waals surface area contributed by atoms with Gasteiger partial charge >= 0.3 is 5.97 Å². The molecule has 3 aliphatic heterocycles. The number of aliphatic hydroxyl groups is 1. The van der Waals surface area contributed by atoms with Gasteiger partial charge in [-0.25, -0.2) is 0 Å². The van der Waals surface area contributed by atoms with Crippen LogP contribution in [0.4, 0.5) is 5.69 Å². The smallest absolute Gasteiger partial charge is 0.306 e. The monoisotopic (exact) mass is 741 g/mol. The largest absolute Gasteiger partial charge is 0.463 e. The van der Waals surface area contributed by atoms with Crippen LogP contribution in [0.5, 0.6) is 0 Å². The molecule has 10 nitrogen and oxygen atoms in total. The number of hydrogen-bond donors (Lipinski definition) is 2. The highest BCUT2D eigenvalue weighted by atomic mass is 79.9. The van der Waals surface area contributed by atoms with E-state index >= 15 is 0 Å². The average Bonchev–Trinajstić information content (AvgIpc) is 3.67. The van der Waals surface area contributed by atoms with Gasteiger partial charge in [-0.3, -0.25) is 19.2 Å². The number of fused-ring (bicyclic) bond motifs is 1. The van der Waals surface area contributed by atoms with Crippen molar-refractivity contribution in [2.75, 3.05) is 24.7 Å². The van der Waals surface area contributed by atoms with E-state index in [1.807, 2.05) is 43.3 Å². The highest BCUT2D eigenvalue weighted by Crippen LogP contribution is 2.60. The first-order chi connectivity index (χ1) is 23.0. The van der Waals surface area contributed by atoms with Crippen LogP contribution in [0.1, 0.15) is 43.4 Å². The van der Waals surface area contributed by atoms with Gasteiger partial charge in [-0.2, -0.15) is 0 Å². The molecule has 0 aliphatic carbocycles. The average molecular weight is 743 g/mol. The highest BCUT2D eigenvalue weighted by Gasteiger charge is 2.77.